The molecule has 0 fully saturated rings. The summed E-state index contributed by atoms with van der Waals surface area (Å²) in [6, 6.07) is 4.31. The lowest BCUT2D eigenvalue weighted by molar-refractivity contribution is -0.379. The predicted molar refractivity (Wildman–Crippen MR) is 66.6 cm³/mol. The van der Waals surface area contributed by atoms with Gasteiger partial charge in [-0.05, 0) is 30.7 Å². The molecule has 1 rings (SSSR count). The number of hydrogen-bond acceptors (Lipinski definition) is 2. The van der Waals surface area contributed by atoms with Gasteiger partial charge in [0, 0.05) is 10.6 Å². The van der Waals surface area contributed by atoms with E-state index in [2.05, 4.69) is 0 Å². The Morgan fingerprint density at radius 2 is 1.50 bits per heavy atom. The van der Waals surface area contributed by atoms with Gasteiger partial charge in [0.15, 0.2) is 5.78 Å². The van der Waals surface area contributed by atoms with Crippen LogP contribution >= 0.6 is 11.6 Å². The molecule has 0 heterocycles. The number of ketones is 1. The van der Waals surface area contributed by atoms with Crippen molar-refractivity contribution in [2.24, 2.45) is 5.92 Å². The Morgan fingerprint density at radius 3 is 1.82 bits per heavy atom. The van der Waals surface area contributed by atoms with Gasteiger partial charge in [0.25, 0.3) is 5.60 Å². The van der Waals surface area contributed by atoms with E-state index in [1.54, 1.807) is 0 Å². The molecule has 0 aromatic heterocycles. The van der Waals surface area contributed by atoms with Crippen LogP contribution in [-0.4, -0.2) is 28.8 Å². The van der Waals surface area contributed by atoms with Gasteiger partial charge in [-0.1, -0.05) is 18.5 Å². The van der Waals surface area contributed by atoms with Crippen molar-refractivity contribution in [2.75, 3.05) is 0 Å². The maximum atomic E-state index is 12.8. The summed E-state index contributed by atoms with van der Waals surface area (Å²) >= 11 is 5.54. The number of alkyl halides is 6. The van der Waals surface area contributed by atoms with Gasteiger partial charge < -0.3 is 5.11 Å². The van der Waals surface area contributed by atoms with Gasteiger partial charge in [-0.15, -0.1) is 0 Å². The van der Waals surface area contributed by atoms with Crippen molar-refractivity contribution in [3.8, 4) is 0 Å². The molecule has 0 saturated heterocycles. The van der Waals surface area contributed by atoms with Crippen molar-refractivity contribution in [1.82, 2.24) is 0 Å². The molecule has 0 aliphatic carbocycles. The summed E-state index contributed by atoms with van der Waals surface area (Å²) in [5, 5.41) is 9.49. The summed E-state index contributed by atoms with van der Waals surface area (Å²) in [5.74, 6) is -4.18. The Balaban J connectivity index is 3.38. The van der Waals surface area contributed by atoms with E-state index < -0.39 is 41.6 Å². The fourth-order valence-electron chi connectivity index (χ4n) is 2.04. The first-order chi connectivity index (χ1) is 9.86. The summed E-state index contributed by atoms with van der Waals surface area (Å²) in [6.07, 6.45) is -12.9. The third-order valence-corrected chi connectivity index (χ3v) is 3.47. The van der Waals surface area contributed by atoms with Gasteiger partial charge in [0.2, 0.25) is 0 Å². The lowest BCUT2D eigenvalue weighted by Gasteiger charge is -2.37. The first-order valence-corrected chi connectivity index (χ1v) is 6.39. The van der Waals surface area contributed by atoms with Gasteiger partial charge in [-0.3, -0.25) is 4.79 Å². The standard InChI is InChI=1S/C13H11ClF6O2/c1-2-9(10(21)7-3-5-8(14)6-4-7)11(22,12(15,16)17)13(18,19)20/h3-6,9,22H,2H2,1H3. The molecule has 0 aliphatic rings. The normalized spacial score (nSPS) is 14.8. The van der Waals surface area contributed by atoms with Crippen LogP contribution in [0.1, 0.15) is 23.7 Å². The lowest BCUT2D eigenvalue weighted by Crippen LogP contribution is -2.63. The molecule has 1 unspecified atom stereocenters. The van der Waals surface area contributed by atoms with E-state index >= 15 is 0 Å². The second kappa shape index (κ2) is 6.08. The van der Waals surface area contributed by atoms with Crippen molar-refractivity contribution in [1.29, 1.82) is 0 Å². The molecule has 1 aromatic carbocycles. The molecule has 0 saturated carbocycles. The second-order valence-electron chi connectivity index (χ2n) is 4.59. The van der Waals surface area contributed by atoms with Gasteiger partial charge >= 0.3 is 12.4 Å². The quantitative estimate of drug-likeness (QED) is 0.646. The van der Waals surface area contributed by atoms with Gasteiger partial charge in [0.05, 0.1) is 5.92 Å². The molecule has 1 atom stereocenters. The molecular formula is C13H11ClF6O2. The fourth-order valence-corrected chi connectivity index (χ4v) is 2.17. The van der Waals surface area contributed by atoms with Crippen LogP contribution in [0.4, 0.5) is 26.3 Å². The second-order valence-corrected chi connectivity index (χ2v) is 5.03. The fraction of sp³-hybridized carbons (Fsp3) is 0.462. The van der Waals surface area contributed by atoms with Gasteiger partial charge in [-0.25, -0.2) is 0 Å². The number of benzene rings is 1. The van der Waals surface area contributed by atoms with Crippen LogP contribution in [0.5, 0.6) is 0 Å². The number of hydrogen-bond donors (Lipinski definition) is 1. The van der Waals surface area contributed by atoms with Crippen LogP contribution < -0.4 is 0 Å². The van der Waals surface area contributed by atoms with Crippen LogP contribution in [0, 0.1) is 5.92 Å². The average Bonchev–Trinajstić information content (AvgIpc) is 2.37. The zero-order valence-corrected chi connectivity index (χ0v) is 11.9. The number of halogens is 7. The molecule has 2 nitrogen and oxygen atoms in total. The minimum atomic E-state index is -6.05. The van der Waals surface area contributed by atoms with Crippen LogP contribution in [0.15, 0.2) is 24.3 Å². The Morgan fingerprint density at radius 1 is 1.09 bits per heavy atom. The third kappa shape index (κ3) is 3.22. The molecular weight excluding hydrogens is 338 g/mol. The third-order valence-electron chi connectivity index (χ3n) is 3.22. The number of carbonyl (C=O) groups is 1. The number of aliphatic hydroxyl groups is 1. The summed E-state index contributed by atoms with van der Waals surface area (Å²) < 4.78 is 77.0. The highest BCUT2D eigenvalue weighted by Gasteiger charge is 2.74. The Bertz CT molecular complexity index is 521. The molecule has 1 N–H and O–H groups in total. The molecule has 0 radical (unpaired) electrons. The Hall–Kier alpha value is -1.28. The summed E-state index contributed by atoms with van der Waals surface area (Å²) in [7, 11) is 0. The van der Waals surface area contributed by atoms with Gasteiger partial charge in [-0.2, -0.15) is 26.3 Å². The molecule has 0 aliphatic heterocycles. The SMILES string of the molecule is CCC(C(=O)c1ccc(Cl)cc1)C(O)(C(F)(F)F)C(F)(F)F. The Labute approximate surface area is 126 Å². The molecule has 124 valence electrons. The number of rotatable bonds is 4. The molecule has 9 heteroatoms. The van der Waals surface area contributed by atoms with Crippen molar-refractivity contribution >= 4 is 17.4 Å². The lowest BCUT2D eigenvalue weighted by atomic mass is 9.79. The predicted octanol–water partition coefficient (Wildman–Crippen LogP) is 4.40. The minimum absolute atomic E-state index is 0.159. The molecule has 1 aromatic rings. The highest BCUT2D eigenvalue weighted by Crippen LogP contribution is 2.49. The van der Waals surface area contributed by atoms with E-state index in [4.69, 9.17) is 11.6 Å². The van der Waals surface area contributed by atoms with Crippen molar-refractivity contribution in [3.63, 3.8) is 0 Å². The highest BCUT2D eigenvalue weighted by atomic mass is 35.5. The zero-order valence-electron chi connectivity index (χ0n) is 11.1. The van der Waals surface area contributed by atoms with Crippen LogP contribution in [0.25, 0.3) is 0 Å². The summed E-state index contributed by atoms with van der Waals surface area (Å²) in [5.41, 5.74) is -5.52. The molecule has 22 heavy (non-hydrogen) atoms. The Kier molecular flexibility index (Phi) is 5.18. The first kappa shape index (κ1) is 18.8. The number of Topliss-reactive ketones (excluding diaryl/α,β-unsaturated/α-hetero) is 1. The van der Waals surface area contributed by atoms with E-state index in [9.17, 15) is 36.2 Å². The van der Waals surface area contributed by atoms with E-state index in [0.29, 0.717) is 0 Å². The smallest absolute Gasteiger partial charge is 0.373 e. The molecule has 0 bridgehead atoms. The maximum Gasteiger partial charge on any atom is 0.427 e. The zero-order chi connectivity index (χ0) is 17.3. The van der Waals surface area contributed by atoms with E-state index in [1.165, 1.54) is 0 Å². The van der Waals surface area contributed by atoms with Crippen molar-refractivity contribution < 1.29 is 36.2 Å². The topological polar surface area (TPSA) is 37.3 Å². The summed E-state index contributed by atoms with van der Waals surface area (Å²) in [6.45, 7) is 0.959. The van der Waals surface area contributed by atoms with Gasteiger partial charge in [0.1, 0.15) is 0 Å². The molecule has 0 spiro atoms. The van der Waals surface area contributed by atoms with Crippen LogP contribution in [0.3, 0.4) is 0 Å². The monoisotopic (exact) mass is 348 g/mol. The summed E-state index contributed by atoms with van der Waals surface area (Å²) in [4.78, 5) is 12.0. The first-order valence-electron chi connectivity index (χ1n) is 6.01. The van der Waals surface area contributed by atoms with Crippen molar-refractivity contribution in [2.45, 2.75) is 31.3 Å². The van der Waals surface area contributed by atoms with E-state index in [1.807, 2.05) is 0 Å². The average molecular weight is 349 g/mol. The maximum absolute atomic E-state index is 12.8. The van der Waals surface area contributed by atoms with E-state index in [-0.39, 0.29) is 5.02 Å². The van der Waals surface area contributed by atoms with E-state index in [0.717, 1.165) is 31.2 Å². The highest BCUT2D eigenvalue weighted by molar-refractivity contribution is 6.30. The van der Waals surface area contributed by atoms with Crippen LogP contribution in [0.2, 0.25) is 5.02 Å². The minimum Gasteiger partial charge on any atom is -0.373 e. The van der Waals surface area contributed by atoms with Crippen molar-refractivity contribution in [3.05, 3.63) is 34.9 Å². The van der Waals surface area contributed by atoms with Crippen LogP contribution in [-0.2, 0) is 0 Å². The largest absolute Gasteiger partial charge is 0.427 e. The molecule has 0 amide bonds. The number of carbonyl (C=O) groups excluding carboxylic acids is 1.